The highest BCUT2D eigenvalue weighted by molar-refractivity contribution is 7.08. The molecule has 2 rings (SSSR count). The van der Waals surface area contributed by atoms with E-state index in [1.807, 2.05) is 6.92 Å². The van der Waals surface area contributed by atoms with Crippen LogP contribution in [0.2, 0.25) is 0 Å². The lowest BCUT2D eigenvalue weighted by Crippen LogP contribution is -2.13. The maximum absolute atomic E-state index is 11.6. The number of hydrogen-bond donors (Lipinski definition) is 0. The number of rotatable bonds is 3. The number of carbonyl (C=O) groups is 1. The molecule has 0 saturated carbocycles. The van der Waals surface area contributed by atoms with E-state index in [0.29, 0.717) is 24.5 Å². The topological polar surface area (TPSA) is 48.4 Å². The predicted octanol–water partition coefficient (Wildman–Crippen LogP) is 1.40. The highest BCUT2D eigenvalue weighted by Gasteiger charge is 2.21. The molecule has 0 aliphatic carbocycles. The second-order valence-corrected chi connectivity index (χ2v) is 3.94. The van der Waals surface area contributed by atoms with Gasteiger partial charge in [0, 0.05) is 0 Å². The van der Waals surface area contributed by atoms with Crippen molar-refractivity contribution in [3.05, 3.63) is 16.6 Å². The summed E-state index contributed by atoms with van der Waals surface area (Å²) in [5, 5.41) is 0. The summed E-state index contributed by atoms with van der Waals surface area (Å²) < 4.78 is 14.4. The van der Waals surface area contributed by atoms with Crippen LogP contribution in [0.15, 0.2) is 6.07 Å². The lowest BCUT2D eigenvalue weighted by atomic mass is 10.2. The van der Waals surface area contributed by atoms with Gasteiger partial charge in [0.2, 0.25) is 0 Å². The third kappa shape index (κ3) is 2.17. The van der Waals surface area contributed by atoms with Gasteiger partial charge in [0.15, 0.2) is 12.1 Å². The molecule has 0 aromatic carbocycles. The SMILES string of the molecule is Cc1cc(C(=O)CC2OCCO2)sn1. The number of ether oxygens (including phenoxy) is 2. The summed E-state index contributed by atoms with van der Waals surface area (Å²) in [5.74, 6) is 0.0440. The zero-order valence-electron chi connectivity index (χ0n) is 7.86. The van der Waals surface area contributed by atoms with E-state index in [0.717, 1.165) is 5.69 Å². The van der Waals surface area contributed by atoms with Crippen molar-refractivity contribution in [1.82, 2.24) is 4.37 Å². The van der Waals surface area contributed by atoms with E-state index in [2.05, 4.69) is 4.37 Å². The summed E-state index contributed by atoms with van der Waals surface area (Å²) in [4.78, 5) is 12.3. The van der Waals surface area contributed by atoms with Crippen molar-refractivity contribution in [1.29, 1.82) is 0 Å². The molecule has 0 radical (unpaired) electrons. The maximum atomic E-state index is 11.6. The van der Waals surface area contributed by atoms with Crippen LogP contribution in [0.3, 0.4) is 0 Å². The first kappa shape index (κ1) is 9.76. The molecule has 1 aliphatic heterocycles. The number of carbonyl (C=O) groups excluding carboxylic acids is 1. The van der Waals surface area contributed by atoms with Gasteiger partial charge in [-0.15, -0.1) is 0 Å². The Morgan fingerprint density at radius 2 is 2.36 bits per heavy atom. The normalized spacial score (nSPS) is 17.5. The van der Waals surface area contributed by atoms with Crippen LogP contribution < -0.4 is 0 Å². The zero-order valence-corrected chi connectivity index (χ0v) is 8.67. The van der Waals surface area contributed by atoms with Gasteiger partial charge in [-0.05, 0) is 24.5 Å². The number of aryl methyl sites for hydroxylation is 1. The van der Waals surface area contributed by atoms with Crippen LogP contribution in [-0.2, 0) is 9.47 Å². The van der Waals surface area contributed by atoms with Gasteiger partial charge in [0.05, 0.1) is 30.2 Å². The molecule has 0 amide bonds. The molecule has 14 heavy (non-hydrogen) atoms. The summed E-state index contributed by atoms with van der Waals surface area (Å²) in [6.07, 6.45) is -0.0633. The molecule has 0 spiro atoms. The van der Waals surface area contributed by atoms with E-state index in [9.17, 15) is 4.79 Å². The van der Waals surface area contributed by atoms with Crippen molar-refractivity contribution in [3.8, 4) is 0 Å². The molecule has 76 valence electrons. The summed E-state index contributed by atoms with van der Waals surface area (Å²) >= 11 is 1.23. The third-order valence-electron chi connectivity index (χ3n) is 1.95. The van der Waals surface area contributed by atoms with Gasteiger partial charge in [0.25, 0.3) is 0 Å². The Bertz CT molecular complexity index is 331. The number of ketones is 1. The van der Waals surface area contributed by atoms with Gasteiger partial charge in [-0.1, -0.05) is 0 Å². The molecule has 2 heterocycles. The van der Waals surface area contributed by atoms with Crippen LogP contribution in [-0.4, -0.2) is 29.7 Å². The first-order chi connectivity index (χ1) is 6.75. The largest absolute Gasteiger partial charge is 0.350 e. The molecule has 0 atom stereocenters. The number of Topliss-reactive ketones (excluding diaryl/α,β-unsaturated/α-hetero) is 1. The summed E-state index contributed by atoms with van der Waals surface area (Å²) in [6, 6.07) is 1.79. The van der Waals surface area contributed by atoms with E-state index >= 15 is 0 Å². The monoisotopic (exact) mass is 213 g/mol. The molecule has 1 aromatic heterocycles. The van der Waals surface area contributed by atoms with Gasteiger partial charge in [-0.2, -0.15) is 4.37 Å². The predicted molar refractivity (Wildman–Crippen MR) is 51.5 cm³/mol. The lowest BCUT2D eigenvalue weighted by molar-refractivity contribution is -0.0406. The Balaban J connectivity index is 1.95. The third-order valence-corrected chi connectivity index (χ3v) is 2.87. The Hall–Kier alpha value is -0.780. The second-order valence-electron chi connectivity index (χ2n) is 3.13. The number of hydrogen-bond acceptors (Lipinski definition) is 5. The van der Waals surface area contributed by atoms with Crippen LogP contribution in [0.5, 0.6) is 0 Å². The van der Waals surface area contributed by atoms with Crippen molar-refractivity contribution in [2.24, 2.45) is 0 Å². The highest BCUT2D eigenvalue weighted by Crippen LogP contribution is 2.16. The van der Waals surface area contributed by atoms with E-state index in [4.69, 9.17) is 9.47 Å². The highest BCUT2D eigenvalue weighted by atomic mass is 32.1. The Morgan fingerprint density at radius 3 is 2.93 bits per heavy atom. The molecule has 1 aromatic rings. The van der Waals surface area contributed by atoms with E-state index in [1.54, 1.807) is 6.07 Å². The summed E-state index contributed by atoms with van der Waals surface area (Å²) in [7, 11) is 0. The molecular weight excluding hydrogens is 202 g/mol. The van der Waals surface area contributed by atoms with Crippen molar-refractivity contribution < 1.29 is 14.3 Å². The Morgan fingerprint density at radius 1 is 1.64 bits per heavy atom. The van der Waals surface area contributed by atoms with Gasteiger partial charge < -0.3 is 9.47 Å². The van der Waals surface area contributed by atoms with Crippen LogP contribution in [0.1, 0.15) is 21.8 Å². The summed E-state index contributed by atoms with van der Waals surface area (Å²) in [5.41, 5.74) is 0.881. The molecular formula is C9H11NO3S. The van der Waals surface area contributed by atoms with E-state index in [-0.39, 0.29) is 12.1 Å². The fourth-order valence-corrected chi connectivity index (χ4v) is 1.98. The molecule has 0 bridgehead atoms. The maximum Gasteiger partial charge on any atom is 0.179 e. The van der Waals surface area contributed by atoms with Crippen molar-refractivity contribution in [2.75, 3.05) is 13.2 Å². The number of aromatic nitrogens is 1. The van der Waals surface area contributed by atoms with Crippen LogP contribution in [0.25, 0.3) is 0 Å². The Kier molecular flexibility index (Phi) is 2.90. The average Bonchev–Trinajstić information content (AvgIpc) is 2.75. The van der Waals surface area contributed by atoms with Crippen LogP contribution in [0, 0.1) is 6.92 Å². The fourth-order valence-electron chi connectivity index (χ4n) is 1.27. The minimum atomic E-state index is -0.357. The average molecular weight is 213 g/mol. The van der Waals surface area contributed by atoms with Crippen molar-refractivity contribution >= 4 is 17.3 Å². The first-order valence-corrected chi connectivity index (χ1v) is 5.23. The molecule has 0 N–H and O–H groups in total. The molecule has 1 saturated heterocycles. The molecule has 1 fully saturated rings. The van der Waals surface area contributed by atoms with E-state index in [1.165, 1.54) is 11.5 Å². The molecule has 0 unspecified atom stereocenters. The minimum absolute atomic E-state index is 0.0440. The summed E-state index contributed by atoms with van der Waals surface area (Å²) in [6.45, 7) is 3.04. The smallest absolute Gasteiger partial charge is 0.179 e. The van der Waals surface area contributed by atoms with Gasteiger partial charge in [-0.3, -0.25) is 4.79 Å². The fraction of sp³-hybridized carbons (Fsp3) is 0.556. The molecule has 5 heteroatoms. The molecule has 4 nitrogen and oxygen atoms in total. The van der Waals surface area contributed by atoms with E-state index < -0.39 is 0 Å². The lowest BCUT2D eigenvalue weighted by Gasteiger charge is -2.05. The minimum Gasteiger partial charge on any atom is -0.350 e. The number of nitrogens with zero attached hydrogens (tertiary/aromatic N) is 1. The van der Waals surface area contributed by atoms with Crippen LogP contribution in [0.4, 0.5) is 0 Å². The quantitative estimate of drug-likeness (QED) is 0.712. The first-order valence-electron chi connectivity index (χ1n) is 4.45. The van der Waals surface area contributed by atoms with Gasteiger partial charge >= 0.3 is 0 Å². The Labute approximate surface area is 86.0 Å². The second kappa shape index (κ2) is 4.16. The standard InChI is InChI=1S/C9H11NO3S/c1-6-4-8(14-10-6)7(11)5-9-12-2-3-13-9/h4,9H,2-3,5H2,1H3. The van der Waals surface area contributed by atoms with Crippen molar-refractivity contribution in [3.63, 3.8) is 0 Å². The zero-order chi connectivity index (χ0) is 9.97. The van der Waals surface area contributed by atoms with Crippen LogP contribution >= 0.6 is 11.5 Å². The van der Waals surface area contributed by atoms with Gasteiger partial charge in [0.1, 0.15) is 0 Å². The van der Waals surface area contributed by atoms with Gasteiger partial charge in [-0.25, -0.2) is 0 Å². The van der Waals surface area contributed by atoms with Crippen molar-refractivity contribution in [2.45, 2.75) is 19.6 Å². The molecule has 1 aliphatic rings.